The molecule has 1 fully saturated rings. The molecule has 0 bridgehead atoms. The van der Waals surface area contributed by atoms with Gasteiger partial charge in [0, 0.05) is 24.7 Å². The average molecular weight is 296 g/mol. The summed E-state index contributed by atoms with van der Waals surface area (Å²) in [4.78, 5) is 2.24. The Morgan fingerprint density at radius 1 is 1.48 bits per heavy atom. The van der Waals surface area contributed by atoms with Gasteiger partial charge in [-0.25, -0.2) is 4.39 Å². The van der Waals surface area contributed by atoms with Crippen LogP contribution in [0.2, 0.25) is 0 Å². The molecule has 1 aromatic rings. The van der Waals surface area contributed by atoms with Crippen molar-refractivity contribution in [2.24, 2.45) is 5.92 Å². The zero-order valence-electron chi connectivity index (χ0n) is 12.8. The molecule has 0 amide bonds. The van der Waals surface area contributed by atoms with Crippen LogP contribution in [0.15, 0.2) is 24.3 Å². The predicted octanol–water partition coefficient (Wildman–Crippen LogP) is 1.42. The number of nitrogens with one attached hydrogen (secondary N) is 1. The van der Waals surface area contributed by atoms with Crippen LogP contribution in [-0.4, -0.2) is 56.0 Å². The minimum absolute atomic E-state index is 0.0410. The molecule has 3 atom stereocenters. The molecule has 3 unspecified atom stereocenters. The number of benzene rings is 1. The fourth-order valence-corrected chi connectivity index (χ4v) is 3.05. The molecule has 1 heterocycles. The van der Waals surface area contributed by atoms with Gasteiger partial charge in [0.15, 0.2) is 0 Å². The lowest BCUT2D eigenvalue weighted by molar-refractivity contribution is -0.0344. The summed E-state index contributed by atoms with van der Waals surface area (Å²) in [6, 6.07) is 6.89. The molecule has 2 N–H and O–H groups in total. The first-order valence-electron chi connectivity index (χ1n) is 7.51. The van der Waals surface area contributed by atoms with Crippen LogP contribution >= 0.6 is 0 Å². The summed E-state index contributed by atoms with van der Waals surface area (Å²) in [5.41, 5.74) is 0.696. The van der Waals surface area contributed by atoms with E-state index < -0.39 is 0 Å². The molecule has 0 spiro atoms. The molecular formula is C16H25FN2O2. The molecule has 118 valence electrons. The van der Waals surface area contributed by atoms with E-state index >= 15 is 0 Å². The quantitative estimate of drug-likeness (QED) is 0.833. The van der Waals surface area contributed by atoms with E-state index in [1.54, 1.807) is 6.07 Å². The van der Waals surface area contributed by atoms with Gasteiger partial charge in [0.25, 0.3) is 0 Å². The fraction of sp³-hybridized carbons (Fsp3) is 0.625. The number of ether oxygens (including phenoxy) is 1. The fourth-order valence-electron chi connectivity index (χ4n) is 3.05. The summed E-state index contributed by atoms with van der Waals surface area (Å²) in [5.74, 6) is 0.0448. The molecule has 0 saturated carbocycles. The number of aliphatic hydroxyl groups is 1. The third-order valence-corrected chi connectivity index (χ3v) is 4.20. The molecule has 0 radical (unpaired) electrons. The number of nitrogens with zero attached hydrogens (tertiary/aromatic N) is 1. The van der Waals surface area contributed by atoms with Gasteiger partial charge < -0.3 is 15.2 Å². The maximum atomic E-state index is 14.0. The molecular weight excluding hydrogens is 271 g/mol. The number of aliphatic hydroxyl groups excluding tert-OH is 1. The molecule has 1 saturated heterocycles. The van der Waals surface area contributed by atoms with Gasteiger partial charge in [-0.2, -0.15) is 0 Å². The number of rotatable bonds is 6. The van der Waals surface area contributed by atoms with Gasteiger partial charge in [-0.15, -0.1) is 0 Å². The van der Waals surface area contributed by atoms with Crippen molar-refractivity contribution < 1.29 is 14.2 Å². The summed E-state index contributed by atoms with van der Waals surface area (Å²) in [6.07, 6.45) is 0. The van der Waals surface area contributed by atoms with E-state index in [9.17, 15) is 9.50 Å². The molecule has 21 heavy (non-hydrogen) atoms. The first-order chi connectivity index (χ1) is 10.2. The Morgan fingerprint density at radius 2 is 2.24 bits per heavy atom. The Labute approximate surface area is 125 Å². The lowest BCUT2D eigenvalue weighted by Crippen LogP contribution is -2.50. The van der Waals surface area contributed by atoms with Crippen LogP contribution < -0.4 is 5.32 Å². The molecule has 1 aliphatic rings. The van der Waals surface area contributed by atoms with Crippen LogP contribution in [0, 0.1) is 11.7 Å². The Kier molecular flexibility index (Phi) is 6.11. The Balaban J connectivity index is 2.06. The Morgan fingerprint density at radius 3 is 2.90 bits per heavy atom. The van der Waals surface area contributed by atoms with Crippen LogP contribution in [0.3, 0.4) is 0 Å². The highest BCUT2D eigenvalue weighted by Crippen LogP contribution is 2.25. The average Bonchev–Trinajstić information content (AvgIpc) is 2.50. The summed E-state index contributed by atoms with van der Waals surface area (Å²) in [6.45, 7) is 5.06. The van der Waals surface area contributed by atoms with Crippen molar-refractivity contribution in [3.8, 4) is 0 Å². The molecule has 4 nitrogen and oxygen atoms in total. The van der Waals surface area contributed by atoms with Crippen LogP contribution in [0.5, 0.6) is 0 Å². The van der Waals surface area contributed by atoms with Crippen LogP contribution in [0.25, 0.3) is 0 Å². The number of morpholine rings is 1. The van der Waals surface area contributed by atoms with Gasteiger partial charge in [-0.05, 0) is 19.0 Å². The summed E-state index contributed by atoms with van der Waals surface area (Å²) in [7, 11) is 1.86. The van der Waals surface area contributed by atoms with Crippen molar-refractivity contribution in [2.45, 2.75) is 19.0 Å². The van der Waals surface area contributed by atoms with E-state index in [0.29, 0.717) is 18.8 Å². The topological polar surface area (TPSA) is 44.7 Å². The molecule has 5 heteroatoms. The number of halogens is 1. The standard InChI is InChI=1S/C16H25FN2O2/c1-12(9-19-7-8-21-11-13(19)10-20)16(18-2)14-5-3-4-6-15(14)17/h3-6,12-13,16,18,20H,7-11H2,1-2H3. The first kappa shape index (κ1) is 16.4. The third kappa shape index (κ3) is 4.01. The van der Waals surface area contributed by atoms with Crippen molar-refractivity contribution in [2.75, 3.05) is 40.0 Å². The SMILES string of the molecule is CNC(c1ccccc1F)C(C)CN1CCOCC1CO. The second-order valence-corrected chi connectivity index (χ2v) is 5.67. The maximum Gasteiger partial charge on any atom is 0.127 e. The van der Waals surface area contributed by atoms with Crippen molar-refractivity contribution in [3.05, 3.63) is 35.6 Å². The monoisotopic (exact) mass is 296 g/mol. The second kappa shape index (κ2) is 7.84. The molecule has 1 aliphatic heterocycles. The second-order valence-electron chi connectivity index (χ2n) is 5.67. The van der Waals surface area contributed by atoms with E-state index in [-0.39, 0.29) is 30.4 Å². The van der Waals surface area contributed by atoms with Gasteiger partial charge in [0.2, 0.25) is 0 Å². The van der Waals surface area contributed by atoms with Gasteiger partial charge in [0.05, 0.1) is 25.9 Å². The van der Waals surface area contributed by atoms with E-state index in [4.69, 9.17) is 4.74 Å². The zero-order valence-corrected chi connectivity index (χ0v) is 12.8. The van der Waals surface area contributed by atoms with E-state index in [2.05, 4.69) is 17.1 Å². The number of hydrogen-bond acceptors (Lipinski definition) is 4. The van der Waals surface area contributed by atoms with E-state index in [1.165, 1.54) is 6.07 Å². The van der Waals surface area contributed by atoms with Crippen LogP contribution in [-0.2, 0) is 4.74 Å². The van der Waals surface area contributed by atoms with Crippen LogP contribution in [0.1, 0.15) is 18.5 Å². The summed E-state index contributed by atoms with van der Waals surface area (Å²) < 4.78 is 19.4. The lowest BCUT2D eigenvalue weighted by atomic mass is 9.93. The smallest absolute Gasteiger partial charge is 0.127 e. The Hall–Kier alpha value is -1.01. The van der Waals surface area contributed by atoms with Gasteiger partial charge in [-0.3, -0.25) is 4.90 Å². The molecule has 0 aromatic heterocycles. The van der Waals surface area contributed by atoms with E-state index in [1.807, 2.05) is 19.2 Å². The summed E-state index contributed by atoms with van der Waals surface area (Å²) >= 11 is 0. The zero-order chi connectivity index (χ0) is 15.2. The van der Waals surface area contributed by atoms with Gasteiger partial charge in [-0.1, -0.05) is 25.1 Å². The predicted molar refractivity (Wildman–Crippen MR) is 80.6 cm³/mol. The van der Waals surface area contributed by atoms with Crippen molar-refractivity contribution in [1.29, 1.82) is 0 Å². The minimum atomic E-state index is -0.176. The molecule has 1 aromatic carbocycles. The number of hydrogen-bond donors (Lipinski definition) is 2. The lowest BCUT2D eigenvalue weighted by Gasteiger charge is -2.37. The molecule has 0 aliphatic carbocycles. The highest BCUT2D eigenvalue weighted by Gasteiger charge is 2.27. The third-order valence-electron chi connectivity index (χ3n) is 4.20. The summed E-state index contributed by atoms with van der Waals surface area (Å²) in [5, 5.41) is 12.7. The minimum Gasteiger partial charge on any atom is -0.395 e. The van der Waals surface area contributed by atoms with Gasteiger partial charge >= 0.3 is 0 Å². The highest BCUT2D eigenvalue weighted by molar-refractivity contribution is 5.21. The van der Waals surface area contributed by atoms with Crippen molar-refractivity contribution in [1.82, 2.24) is 10.2 Å². The van der Waals surface area contributed by atoms with E-state index in [0.717, 1.165) is 13.1 Å². The largest absolute Gasteiger partial charge is 0.395 e. The Bertz CT molecular complexity index is 444. The normalized spacial score (nSPS) is 23.0. The van der Waals surface area contributed by atoms with Crippen LogP contribution in [0.4, 0.5) is 4.39 Å². The van der Waals surface area contributed by atoms with Crippen molar-refractivity contribution in [3.63, 3.8) is 0 Å². The van der Waals surface area contributed by atoms with Gasteiger partial charge in [0.1, 0.15) is 5.82 Å². The maximum absolute atomic E-state index is 14.0. The highest BCUT2D eigenvalue weighted by atomic mass is 19.1. The van der Waals surface area contributed by atoms with Crippen molar-refractivity contribution >= 4 is 0 Å². The molecule has 2 rings (SSSR count). The first-order valence-corrected chi connectivity index (χ1v) is 7.51.